The number of Topliss-reactive ketones (excluding diaryl/α,β-unsaturated/α-hetero) is 2. The molecule has 0 unspecified atom stereocenters. The highest BCUT2D eigenvalue weighted by Gasteiger charge is 2.27. The highest BCUT2D eigenvalue weighted by molar-refractivity contribution is 6.22. The van der Waals surface area contributed by atoms with Crippen LogP contribution < -0.4 is 16.4 Å². The van der Waals surface area contributed by atoms with Crippen LogP contribution in [0.15, 0.2) is 78.4 Å². The van der Waals surface area contributed by atoms with Crippen molar-refractivity contribution in [3.63, 3.8) is 0 Å². The number of anilines is 3. The molecule has 7 heteroatoms. The monoisotopic (exact) mass is 469 g/mol. The van der Waals surface area contributed by atoms with E-state index in [-0.39, 0.29) is 23.9 Å². The van der Waals surface area contributed by atoms with Crippen molar-refractivity contribution in [2.75, 3.05) is 30.1 Å². The number of nitrogens with one attached hydrogen (secondary N) is 2. The third-order valence-corrected chi connectivity index (χ3v) is 5.84. The minimum absolute atomic E-state index is 0.0682. The number of carbonyl (C=O) groups excluding carboxylic acids is 3. The molecule has 0 saturated carbocycles. The molecular weight excluding hydrogens is 442 g/mol. The second kappa shape index (κ2) is 10.8. The maximum atomic E-state index is 12.7. The summed E-state index contributed by atoms with van der Waals surface area (Å²) in [6.45, 7) is 1.00. The zero-order valence-electron chi connectivity index (χ0n) is 19.5. The highest BCUT2D eigenvalue weighted by atomic mass is 16.5. The second-order valence-corrected chi connectivity index (χ2v) is 8.29. The van der Waals surface area contributed by atoms with Gasteiger partial charge in [0, 0.05) is 54.6 Å². The van der Waals surface area contributed by atoms with Crippen LogP contribution >= 0.6 is 0 Å². The van der Waals surface area contributed by atoms with E-state index in [1.165, 1.54) is 0 Å². The Morgan fingerprint density at radius 1 is 1.03 bits per heavy atom. The Morgan fingerprint density at radius 3 is 2.54 bits per heavy atom. The Hall–Kier alpha value is -4.23. The lowest BCUT2D eigenvalue weighted by atomic mass is 9.85. The lowest BCUT2D eigenvalue weighted by Crippen LogP contribution is -2.20. The van der Waals surface area contributed by atoms with Gasteiger partial charge in [-0.15, -0.1) is 0 Å². The van der Waals surface area contributed by atoms with Crippen molar-refractivity contribution in [1.29, 1.82) is 0 Å². The molecule has 0 aromatic heterocycles. The lowest BCUT2D eigenvalue weighted by Gasteiger charge is -2.18. The summed E-state index contributed by atoms with van der Waals surface area (Å²) in [6, 6.07) is 19.5. The predicted octanol–water partition coefficient (Wildman–Crippen LogP) is 4.87. The van der Waals surface area contributed by atoms with E-state index in [9.17, 15) is 14.4 Å². The van der Waals surface area contributed by atoms with Gasteiger partial charge in [-0.3, -0.25) is 14.4 Å². The molecule has 1 aliphatic carbocycles. The Morgan fingerprint density at radius 2 is 1.80 bits per heavy atom. The van der Waals surface area contributed by atoms with Gasteiger partial charge in [-0.05, 0) is 54.4 Å². The van der Waals surface area contributed by atoms with Crippen LogP contribution in [-0.2, 0) is 11.3 Å². The quantitative estimate of drug-likeness (QED) is 0.247. The molecule has 35 heavy (non-hydrogen) atoms. The molecule has 0 radical (unpaired) electrons. The summed E-state index contributed by atoms with van der Waals surface area (Å²) < 4.78 is 5.02. The van der Waals surface area contributed by atoms with Crippen LogP contribution in [-0.4, -0.2) is 31.2 Å². The van der Waals surface area contributed by atoms with Gasteiger partial charge in [-0.25, -0.2) is 0 Å². The summed E-state index contributed by atoms with van der Waals surface area (Å²) in [7, 11) is 1.60. The molecule has 4 N–H and O–H groups in total. The SMILES string of the molecule is COCC/C=C1/CC(=O)c2cc(NCc3ccc(C(=O)Nc4ccccc4N)cc3)ccc2C1=O. The molecule has 178 valence electrons. The van der Waals surface area contributed by atoms with E-state index in [0.717, 1.165) is 11.3 Å². The molecule has 0 heterocycles. The minimum atomic E-state index is -0.240. The standard InChI is InChI=1S/C28H27N3O4/c1-35-14-4-5-20-15-26(32)23-16-21(12-13-22(23)27(20)33)30-17-18-8-10-19(11-9-18)28(34)31-25-7-3-2-6-24(25)29/h2-3,5-13,16,30H,4,14-15,17,29H2,1H3,(H,31,34)/b20-5-. The first-order chi connectivity index (χ1) is 17.0. The van der Waals surface area contributed by atoms with E-state index >= 15 is 0 Å². The summed E-state index contributed by atoms with van der Waals surface area (Å²) in [6.07, 6.45) is 2.50. The van der Waals surface area contributed by atoms with Gasteiger partial charge in [0.2, 0.25) is 0 Å². The van der Waals surface area contributed by atoms with Crippen LogP contribution in [0.4, 0.5) is 17.1 Å². The van der Waals surface area contributed by atoms with Crippen LogP contribution in [0.2, 0.25) is 0 Å². The number of carbonyl (C=O) groups is 3. The van der Waals surface area contributed by atoms with Gasteiger partial charge in [-0.2, -0.15) is 0 Å². The van der Waals surface area contributed by atoms with Crippen LogP contribution in [0.3, 0.4) is 0 Å². The summed E-state index contributed by atoms with van der Waals surface area (Å²) >= 11 is 0. The van der Waals surface area contributed by atoms with Gasteiger partial charge in [0.25, 0.3) is 5.91 Å². The van der Waals surface area contributed by atoms with E-state index in [0.29, 0.717) is 53.2 Å². The first kappa shape index (κ1) is 23.9. The number of ketones is 2. The number of hydrogen-bond donors (Lipinski definition) is 3. The molecule has 0 atom stereocenters. The van der Waals surface area contributed by atoms with Crippen molar-refractivity contribution in [1.82, 2.24) is 0 Å². The van der Waals surface area contributed by atoms with E-state index in [1.54, 1.807) is 55.7 Å². The summed E-state index contributed by atoms with van der Waals surface area (Å²) in [5.74, 6) is -0.411. The van der Waals surface area contributed by atoms with Gasteiger partial charge in [0.15, 0.2) is 11.6 Å². The van der Waals surface area contributed by atoms with E-state index in [1.807, 2.05) is 24.3 Å². The number of hydrogen-bond acceptors (Lipinski definition) is 6. The van der Waals surface area contributed by atoms with Gasteiger partial charge in [0.05, 0.1) is 11.4 Å². The number of allylic oxidation sites excluding steroid dienone is 1. The minimum Gasteiger partial charge on any atom is -0.397 e. The van der Waals surface area contributed by atoms with Gasteiger partial charge in [0.1, 0.15) is 0 Å². The topological polar surface area (TPSA) is 111 Å². The third-order valence-electron chi connectivity index (χ3n) is 5.84. The summed E-state index contributed by atoms with van der Waals surface area (Å²) in [4.78, 5) is 37.9. The molecule has 7 nitrogen and oxygen atoms in total. The molecule has 3 aromatic carbocycles. The fourth-order valence-electron chi connectivity index (χ4n) is 3.90. The molecular formula is C28H27N3O4. The molecule has 1 amide bonds. The highest BCUT2D eigenvalue weighted by Crippen LogP contribution is 2.28. The van der Waals surface area contributed by atoms with E-state index < -0.39 is 0 Å². The Labute approximate surface area is 204 Å². The van der Waals surface area contributed by atoms with Crippen LogP contribution in [0, 0.1) is 0 Å². The summed E-state index contributed by atoms with van der Waals surface area (Å²) in [5.41, 5.74) is 10.6. The van der Waals surface area contributed by atoms with Crippen molar-refractivity contribution in [3.8, 4) is 0 Å². The number of nitrogen functional groups attached to an aromatic ring is 1. The number of methoxy groups -OCH3 is 1. The van der Waals surface area contributed by atoms with Crippen molar-refractivity contribution < 1.29 is 19.1 Å². The lowest BCUT2D eigenvalue weighted by molar-refractivity contribution is 0.0935. The molecule has 3 aromatic rings. The van der Waals surface area contributed by atoms with Crippen molar-refractivity contribution in [3.05, 3.63) is 101 Å². The molecule has 0 fully saturated rings. The second-order valence-electron chi connectivity index (χ2n) is 8.29. The zero-order chi connectivity index (χ0) is 24.8. The number of benzene rings is 3. The Bertz CT molecular complexity index is 1300. The van der Waals surface area contributed by atoms with Gasteiger partial charge >= 0.3 is 0 Å². The summed E-state index contributed by atoms with van der Waals surface area (Å²) in [5, 5.41) is 6.09. The fourth-order valence-corrected chi connectivity index (χ4v) is 3.90. The average Bonchev–Trinajstić information content (AvgIpc) is 2.87. The average molecular weight is 470 g/mol. The maximum absolute atomic E-state index is 12.7. The van der Waals surface area contributed by atoms with Crippen molar-refractivity contribution >= 4 is 34.5 Å². The van der Waals surface area contributed by atoms with Crippen molar-refractivity contribution in [2.45, 2.75) is 19.4 Å². The van der Waals surface area contributed by atoms with Crippen LogP contribution in [0.25, 0.3) is 0 Å². The molecule has 0 spiro atoms. The molecule has 0 bridgehead atoms. The molecule has 1 aliphatic rings. The molecule has 0 aliphatic heterocycles. The molecule has 0 saturated heterocycles. The number of rotatable bonds is 8. The Balaban J connectivity index is 1.39. The number of amides is 1. The normalized spacial score (nSPS) is 14.0. The number of para-hydroxylation sites is 2. The third kappa shape index (κ3) is 5.65. The number of ether oxygens (including phenoxy) is 1. The zero-order valence-corrected chi connectivity index (χ0v) is 19.5. The first-order valence-corrected chi connectivity index (χ1v) is 11.3. The maximum Gasteiger partial charge on any atom is 0.255 e. The Kier molecular flexibility index (Phi) is 7.38. The van der Waals surface area contributed by atoms with E-state index in [4.69, 9.17) is 10.5 Å². The van der Waals surface area contributed by atoms with Crippen LogP contribution in [0.5, 0.6) is 0 Å². The van der Waals surface area contributed by atoms with Crippen LogP contribution in [0.1, 0.15) is 49.5 Å². The first-order valence-electron chi connectivity index (χ1n) is 11.3. The van der Waals surface area contributed by atoms with E-state index in [2.05, 4.69) is 10.6 Å². The fraction of sp³-hybridized carbons (Fsp3) is 0.179. The molecule has 4 rings (SSSR count). The predicted molar refractivity (Wildman–Crippen MR) is 137 cm³/mol. The smallest absolute Gasteiger partial charge is 0.255 e. The number of fused-ring (bicyclic) bond motifs is 1. The number of nitrogens with two attached hydrogens (primary N) is 1. The van der Waals surface area contributed by atoms with Gasteiger partial charge in [-0.1, -0.05) is 30.3 Å². The largest absolute Gasteiger partial charge is 0.397 e. The van der Waals surface area contributed by atoms with Gasteiger partial charge < -0.3 is 21.1 Å². The van der Waals surface area contributed by atoms with Crippen molar-refractivity contribution in [2.24, 2.45) is 0 Å².